The van der Waals surface area contributed by atoms with E-state index in [0.717, 1.165) is 22.0 Å². The molecule has 1 fully saturated rings. The van der Waals surface area contributed by atoms with Crippen molar-refractivity contribution in [2.45, 2.75) is 11.1 Å². The van der Waals surface area contributed by atoms with Crippen LogP contribution in [0.3, 0.4) is 0 Å². The van der Waals surface area contributed by atoms with E-state index in [1.807, 2.05) is 30.3 Å². The molecule has 160 valence electrons. The molecule has 1 amide bonds. The lowest BCUT2D eigenvalue weighted by Gasteiger charge is -2.33. The van der Waals surface area contributed by atoms with Crippen LogP contribution in [0, 0.1) is 0 Å². The van der Waals surface area contributed by atoms with Crippen LogP contribution in [0.1, 0.15) is 11.1 Å². The van der Waals surface area contributed by atoms with Gasteiger partial charge in [-0.05, 0) is 29.8 Å². The van der Waals surface area contributed by atoms with E-state index < -0.39 is 26.7 Å². The summed E-state index contributed by atoms with van der Waals surface area (Å²) in [5.41, 5.74) is -0.239. The maximum absolute atomic E-state index is 13.0. The standard InChI is InChI=1S/C20H18ClF3N2O3S/c21-17-8-7-16(20(22,23)24)14-18(17)30(28,29)26-12-10-25(11-13-26)19(27)9-6-15-4-2-1-3-5-15/h1-9,14H,10-13H2/b9-6+. The van der Waals surface area contributed by atoms with E-state index >= 15 is 0 Å². The first-order valence-electron chi connectivity index (χ1n) is 8.98. The summed E-state index contributed by atoms with van der Waals surface area (Å²) in [5.74, 6) is -0.270. The number of hydrogen-bond acceptors (Lipinski definition) is 3. The van der Waals surface area contributed by atoms with Crippen molar-refractivity contribution in [2.24, 2.45) is 0 Å². The van der Waals surface area contributed by atoms with Gasteiger partial charge in [0, 0.05) is 32.3 Å². The number of amides is 1. The Kier molecular flexibility index (Phi) is 6.54. The van der Waals surface area contributed by atoms with Gasteiger partial charge < -0.3 is 4.90 Å². The third kappa shape index (κ3) is 5.03. The molecule has 0 radical (unpaired) electrons. The van der Waals surface area contributed by atoms with Crippen LogP contribution in [0.25, 0.3) is 6.08 Å². The molecule has 2 aromatic rings. The number of hydrogen-bond donors (Lipinski definition) is 0. The molecule has 3 rings (SSSR count). The minimum Gasteiger partial charge on any atom is -0.337 e. The smallest absolute Gasteiger partial charge is 0.337 e. The predicted molar refractivity (Wildman–Crippen MR) is 107 cm³/mol. The molecule has 5 nitrogen and oxygen atoms in total. The fraction of sp³-hybridized carbons (Fsp3) is 0.250. The maximum Gasteiger partial charge on any atom is 0.416 e. The first kappa shape index (κ1) is 22.3. The molecule has 0 aliphatic carbocycles. The Labute approximate surface area is 177 Å². The Morgan fingerprint density at radius 3 is 2.23 bits per heavy atom. The van der Waals surface area contributed by atoms with Crippen molar-refractivity contribution in [3.63, 3.8) is 0 Å². The lowest BCUT2D eigenvalue weighted by atomic mass is 10.2. The fourth-order valence-electron chi connectivity index (χ4n) is 3.00. The highest BCUT2D eigenvalue weighted by Crippen LogP contribution is 2.34. The number of benzene rings is 2. The van der Waals surface area contributed by atoms with Gasteiger partial charge in [-0.15, -0.1) is 0 Å². The molecule has 0 N–H and O–H groups in total. The number of halogens is 4. The molecule has 0 aromatic heterocycles. The van der Waals surface area contributed by atoms with E-state index in [-0.39, 0.29) is 37.1 Å². The summed E-state index contributed by atoms with van der Waals surface area (Å²) in [4.78, 5) is 13.2. The minimum absolute atomic E-state index is 0.0418. The maximum atomic E-state index is 13.0. The van der Waals surface area contributed by atoms with Crippen LogP contribution in [0.2, 0.25) is 5.02 Å². The monoisotopic (exact) mass is 458 g/mol. The van der Waals surface area contributed by atoms with Crippen molar-refractivity contribution in [1.29, 1.82) is 0 Å². The number of piperazine rings is 1. The topological polar surface area (TPSA) is 57.7 Å². The third-order valence-electron chi connectivity index (χ3n) is 4.64. The van der Waals surface area contributed by atoms with Gasteiger partial charge in [-0.25, -0.2) is 8.42 Å². The summed E-state index contributed by atoms with van der Waals surface area (Å²) in [5, 5.41) is -0.285. The molecule has 2 aromatic carbocycles. The van der Waals surface area contributed by atoms with Gasteiger partial charge in [0.1, 0.15) is 4.90 Å². The number of alkyl halides is 3. The first-order chi connectivity index (χ1) is 14.1. The van der Waals surface area contributed by atoms with Gasteiger partial charge in [-0.3, -0.25) is 4.79 Å². The SMILES string of the molecule is O=C(/C=C/c1ccccc1)N1CCN(S(=O)(=O)c2cc(C(F)(F)F)ccc2Cl)CC1. The molecule has 0 bridgehead atoms. The average Bonchev–Trinajstić information content (AvgIpc) is 2.72. The molecule has 1 heterocycles. The Hall–Kier alpha value is -2.36. The number of rotatable bonds is 4. The largest absolute Gasteiger partial charge is 0.416 e. The highest BCUT2D eigenvalue weighted by atomic mass is 35.5. The van der Waals surface area contributed by atoms with E-state index in [1.54, 1.807) is 6.08 Å². The molecular weight excluding hydrogens is 441 g/mol. The van der Waals surface area contributed by atoms with Crippen molar-refractivity contribution >= 4 is 33.6 Å². The average molecular weight is 459 g/mol. The molecule has 30 heavy (non-hydrogen) atoms. The lowest BCUT2D eigenvalue weighted by molar-refractivity contribution is -0.137. The molecule has 0 spiro atoms. The van der Waals surface area contributed by atoms with Crippen molar-refractivity contribution in [3.05, 3.63) is 70.8 Å². The van der Waals surface area contributed by atoms with E-state index in [1.165, 1.54) is 11.0 Å². The van der Waals surface area contributed by atoms with Gasteiger partial charge in [0.05, 0.1) is 10.6 Å². The first-order valence-corrected chi connectivity index (χ1v) is 10.8. The predicted octanol–water partition coefficient (Wildman–Crippen LogP) is 3.91. The van der Waals surface area contributed by atoms with Crippen LogP contribution in [0.4, 0.5) is 13.2 Å². The van der Waals surface area contributed by atoms with Crippen molar-refractivity contribution in [3.8, 4) is 0 Å². The van der Waals surface area contributed by atoms with Gasteiger partial charge >= 0.3 is 6.18 Å². The summed E-state index contributed by atoms with van der Waals surface area (Å²) in [7, 11) is -4.23. The summed E-state index contributed by atoms with van der Waals surface area (Å²) < 4.78 is 65.6. The van der Waals surface area contributed by atoms with Gasteiger partial charge in [-0.2, -0.15) is 17.5 Å². The molecule has 0 atom stereocenters. The zero-order chi connectivity index (χ0) is 21.9. The van der Waals surface area contributed by atoms with Crippen LogP contribution in [-0.4, -0.2) is 49.7 Å². The highest BCUT2D eigenvalue weighted by molar-refractivity contribution is 7.89. The Morgan fingerprint density at radius 1 is 1.00 bits per heavy atom. The normalized spacial score (nSPS) is 16.2. The van der Waals surface area contributed by atoms with E-state index in [4.69, 9.17) is 11.6 Å². The molecule has 0 unspecified atom stereocenters. The quantitative estimate of drug-likeness (QED) is 0.653. The highest BCUT2D eigenvalue weighted by Gasteiger charge is 2.35. The molecule has 0 saturated carbocycles. The second-order valence-electron chi connectivity index (χ2n) is 6.62. The van der Waals surface area contributed by atoms with E-state index in [2.05, 4.69) is 0 Å². The second kappa shape index (κ2) is 8.79. The van der Waals surface area contributed by atoms with Crippen LogP contribution in [0.5, 0.6) is 0 Å². The van der Waals surface area contributed by atoms with E-state index in [9.17, 15) is 26.4 Å². The summed E-state index contributed by atoms with van der Waals surface area (Å²) in [6.07, 6.45) is -1.62. The molecule has 1 aliphatic heterocycles. The van der Waals surface area contributed by atoms with Crippen molar-refractivity contribution in [1.82, 2.24) is 9.21 Å². The second-order valence-corrected chi connectivity index (χ2v) is 8.93. The number of carbonyl (C=O) groups excluding carboxylic acids is 1. The zero-order valence-corrected chi connectivity index (χ0v) is 17.2. The zero-order valence-electron chi connectivity index (χ0n) is 15.6. The third-order valence-corrected chi connectivity index (χ3v) is 7.02. The van der Waals surface area contributed by atoms with Gasteiger partial charge in [0.2, 0.25) is 15.9 Å². The summed E-state index contributed by atoms with van der Waals surface area (Å²) in [6.45, 7) is 0.154. The Morgan fingerprint density at radius 2 is 1.63 bits per heavy atom. The Balaban J connectivity index is 1.70. The van der Waals surface area contributed by atoms with Crippen molar-refractivity contribution < 1.29 is 26.4 Å². The molecular formula is C20H18ClF3N2O3S. The summed E-state index contributed by atoms with van der Waals surface area (Å²) in [6, 6.07) is 11.4. The van der Waals surface area contributed by atoms with Crippen LogP contribution < -0.4 is 0 Å². The van der Waals surface area contributed by atoms with Crippen LogP contribution in [-0.2, 0) is 21.0 Å². The molecule has 10 heteroatoms. The Bertz CT molecular complexity index is 1050. The van der Waals surface area contributed by atoms with Gasteiger partial charge in [0.15, 0.2) is 0 Å². The number of nitrogens with zero attached hydrogens (tertiary/aromatic N) is 2. The van der Waals surface area contributed by atoms with Crippen molar-refractivity contribution in [2.75, 3.05) is 26.2 Å². The molecule has 1 aliphatic rings. The van der Waals surface area contributed by atoms with Gasteiger partial charge in [-0.1, -0.05) is 41.9 Å². The van der Waals surface area contributed by atoms with Crippen LogP contribution in [0.15, 0.2) is 59.5 Å². The van der Waals surface area contributed by atoms with Crippen LogP contribution >= 0.6 is 11.6 Å². The molecule has 1 saturated heterocycles. The fourth-order valence-corrected chi connectivity index (χ4v) is 4.92. The number of sulfonamides is 1. The summed E-state index contributed by atoms with van der Waals surface area (Å²) >= 11 is 5.88. The van der Waals surface area contributed by atoms with E-state index in [0.29, 0.717) is 6.07 Å². The lowest BCUT2D eigenvalue weighted by Crippen LogP contribution is -2.50. The minimum atomic E-state index is -4.69. The number of carbonyl (C=O) groups is 1. The van der Waals surface area contributed by atoms with Gasteiger partial charge in [0.25, 0.3) is 0 Å².